The van der Waals surface area contributed by atoms with Gasteiger partial charge in [0.05, 0.1) is 15.3 Å². The van der Waals surface area contributed by atoms with Gasteiger partial charge in [0.25, 0.3) is 5.91 Å². The van der Waals surface area contributed by atoms with Gasteiger partial charge in [-0.2, -0.15) is 5.26 Å². The fourth-order valence-electron chi connectivity index (χ4n) is 3.87. The molecule has 35 heavy (non-hydrogen) atoms. The normalized spacial score (nSPS) is 16.7. The number of benzene rings is 3. The third-order valence-electron chi connectivity index (χ3n) is 5.64. The fourth-order valence-corrected chi connectivity index (χ4v) is 5.50. The zero-order valence-corrected chi connectivity index (χ0v) is 21.3. The highest BCUT2D eigenvalue weighted by Crippen LogP contribution is 2.42. The smallest absolute Gasteiger partial charge is 0.269 e. The first-order valence-corrected chi connectivity index (χ1v) is 12.4. The van der Waals surface area contributed by atoms with Crippen LogP contribution in [0.15, 0.2) is 77.3 Å². The number of carbonyl (C=O) groups is 2. The minimum absolute atomic E-state index is 0.119. The van der Waals surface area contributed by atoms with Gasteiger partial charge in [0.2, 0.25) is 5.91 Å². The zero-order chi connectivity index (χ0) is 25.1. The molecule has 0 spiro atoms. The maximum absolute atomic E-state index is 13.6. The Bertz CT molecular complexity index is 1360. The number of amides is 2. The van der Waals surface area contributed by atoms with Crippen molar-refractivity contribution < 1.29 is 9.59 Å². The van der Waals surface area contributed by atoms with Crippen molar-refractivity contribution in [3.8, 4) is 6.07 Å². The van der Waals surface area contributed by atoms with Gasteiger partial charge in [-0.3, -0.25) is 14.5 Å². The number of nitrogens with one attached hydrogen (secondary N) is 1. The summed E-state index contributed by atoms with van der Waals surface area (Å²) in [5.74, 6) is -0.772. The number of hydrogen-bond donors (Lipinski definition) is 1. The van der Waals surface area contributed by atoms with Crippen LogP contribution in [0.5, 0.6) is 0 Å². The van der Waals surface area contributed by atoms with E-state index in [1.54, 1.807) is 36.4 Å². The van der Waals surface area contributed by atoms with Gasteiger partial charge in [0.1, 0.15) is 16.7 Å². The number of para-hydroxylation sites is 2. The van der Waals surface area contributed by atoms with Gasteiger partial charge in [-0.05, 0) is 61.2 Å². The number of carbonyl (C=O) groups excluding carboxylic acids is 2. The van der Waals surface area contributed by atoms with E-state index in [1.807, 2.05) is 50.2 Å². The highest BCUT2D eigenvalue weighted by molar-refractivity contribution is 8.05. The molecule has 0 radical (unpaired) electrons. The van der Waals surface area contributed by atoms with Crippen LogP contribution in [0.3, 0.4) is 0 Å². The molecule has 0 saturated carbocycles. The van der Waals surface area contributed by atoms with Gasteiger partial charge in [-0.1, -0.05) is 77.4 Å². The van der Waals surface area contributed by atoms with Gasteiger partial charge in [0, 0.05) is 11.4 Å². The predicted molar refractivity (Wildman–Crippen MR) is 143 cm³/mol. The molecule has 4 rings (SSSR count). The van der Waals surface area contributed by atoms with Crippen LogP contribution in [-0.2, 0) is 16.0 Å². The Balaban J connectivity index is 1.74. The van der Waals surface area contributed by atoms with E-state index in [2.05, 4.69) is 5.32 Å². The molecule has 1 N–H and O–H groups in total. The second-order valence-corrected chi connectivity index (χ2v) is 10.1. The summed E-state index contributed by atoms with van der Waals surface area (Å²) in [6, 6.07) is 22.0. The van der Waals surface area contributed by atoms with Crippen molar-refractivity contribution in [2.45, 2.75) is 25.5 Å². The molecule has 5 nitrogen and oxygen atoms in total. The van der Waals surface area contributed by atoms with Crippen molar-refractivity contribution in [1.82, 2.24) is 0 Å². The van der Waals surface area contributed by atoms with Gasteiger partial charge < -0.3 is 5.32 Å². The van der Waals surface area contributed by atoms with Crippen LogP contribution in [0.25, 0.3) is 0 Å². The Morgan fingerprint density at radius 2 is 1.71 bits per heavy atom. The van der Waals surface area contributed by atoms with Crippen LogP contribution in [-0.4, -0.2) is 17.1 Å². The maximum Gasteiger partial charge on any atom is 0.269 e. The van der Waals surface area contributed by atoms with E-state index in [4.69, 9.17) is 23.2 Å². The minimum atomic E-state index is -0.559. The third kappa shape index (κ3) is 5.23. The number of anilines is 2. The number of nitrogens with zero attached hydrogens (tertiary/aromatic N) is 2. The molecular formula is C27H21Cl2N3O2S. The molecule has 2 amide bonds. The summed E-state index contributed by atoms with van der Waals surface area (Å²) in [6.45, 7) is 3.78. The van der Waals surface area contributed by atoms with Crippen LogP contribution in [0.2, 0.25) is 10.0 Å². The molecule has 8 heteroatoms. The van der Waals surface area contributed by atoms with Crippen molar-refractivity contribution >= 4 is 58.2 Å². The second-order valence-electron chi connectivity index (χ2n) is 8.08. The highest BCUT2D eigenvalue weighted by Gasteiger charge is 2.40. The van der Waals surface area contributed by atoms with E-state index < -0.39 is 11.2 Å². The molecule has 176 valence electrons. The van der Waals surface area contributed by atoms with Gasteiger partial charge in [-0.25, -0.2) is 0 Å². The summed E-state index contributed by atoms with van der Waals surface area (Å²) >= 11 is 13.4. The van der Waals surface area contributed by atoms with Crippen molar-refractivity contribution in [1.29, 1.82) is 5.26 Å². The fraction of sp³-hybridized carbons (Fsp3) is 0.148. The number of nitriles is 1. The number of halogens is 2. The lowest BCUT2D eigenvalue weighted by atomic mass is 10.1. The molecule has 1 saturated heterocycles. The second kappa shape index (κ2) is 10.6. The lowest BCUT2D eigenvalue weighted by Crippen LogP contribution is -2.31. The van der Waals surface area contributed by atoms with Crippen LogP contribution in [0.4, 0.5) is 11.4 Å². The minimum Gasteiger partial charge on any atom is -0.321 e. The summed E-state index contributed by atoms with van der Waals surface area (Å²) in [7, 11) is 0. The van der Waals surface area contributed by atoms with E-state index in [0.29, 0.717) is 32.9 Å². The van der Waals surface area contributed by atoms with E-state index in [9.17, 15) is 14.9 Å². The number of aryl methyl sites for hydroxylation is 2. The molecule has 3 aromatic carbocycles. The summed E-state index contributed by atoms with van der Waals surface area (Å²) < 4.78 is 0. The number of hydrogen-bond acceptors (Lipinski definition) is 4. The Kier molecular flexibility index (Phi) is 7.51. The van der Waals surface area contributed by atoms with Gasteiger partial charge in [-0.15, -0.1) is 0 Å². The average Bonchev–Trinajstić information content (AvgIpc) is 3.15. The molecule has 1 atom stereocenters. The van der Waals surface area contributed by atoms with Gasteiger partial charge >= 0.3 is 0 Å². The monoisotopic (exact) mass is 521 g/mol. The lowest BCUT2D eigenvalue weighted by molar-refractivity contribution is -0.117. The Hall–Kier alpha value is -3.24. The predicted octanol–water partition coefficient (Wildman–Crippen LogP) is 6.68. The quantitative estimate of drug-likeness (QED) is 0.300. The van der Waals surface area contributed by atoms with Crippen LogP contribution in [0, 0.1) is 25.2 Å². The summed E-state index contributed by atoms with van der Waals surface area (Å²) in [5, 5.41) is 13.5. The Morgan fingerprint density at radius 1 is 1.03 bits per heavy atom. The average molecular weight is 522 g/mol. The topological polar surface area (TPSA) is 73.2 Å². The summed E-state index contributed by atoms with van der Waals surface area (Å²) in [5.41, 5.74) is 3.72. The maximum atomic E-state index is 13.6. The molecule has 1 aliphatic rings. The molecule has 0 aliphatic carbocycles. The molecule has 1 heterocycles. The molecule has 3 aromatic rings. The van der Waals surface area contributed by atoms with E-state index in [-0.39, 0.29) is 11.5 Å². The zero-order valence-electron chi connectivity index (χ0n) is 19.0. The first-order chi connectivity index (χ1) is 16.8. The van der Waals surface area contributed by atoms with Gasteiger partial charge in [0.15, 0.2) is 0 Å². The molecule has 1 unspecified atom stereocenters. The van der Waals surface area contributed by atoms with Crippen molar-refractivity contribution in [3.63, 3.8) is 0 Å². The summed E-state index contributed by atoms with van der Waals surface area (Å²) in [6.07, 6.45) is 0.366. The Labute approximate surface area is 218 Å². The van der Waals surface area contributed by atoms with E-state index in [1.165, 1.54) is 16.7 Å². The Morgan fingerprint density at radius 3 is 2.34 bits per heavy atom. The number of rotatable bonds is 5. The van der Waals surface area contributed by atoms with Crippen LogP contribution < -0.4 is 10.2 Å². The van der Waals surface area contributed by atoms with Crippen LogP contribution >= 0.6 is 35.0 Å². The van der Waals surface area contributed by atoms with E-state index >= 15 is 0 Å². The van der Waals surface area contributed by atoms with Crippen molar-refractivity contribution in [2.75, 3.05) is 10.2 Å². The van der Waals surface area contributed by atoms with Crippen LogP contribution in [0.1, 0.15) is 16.7 Å². The standard InChI is InChI=1S/C27H21Cl2N3O2S/c1-16-7-6-8-17(2)24(16)31-25(33)20(15-30)27-32(19-9-4-3-5-10-19)26(34)23(35-27)14-18-11-12-21(28)22(29)13-18/h3-13,23H,14H2,1-2H3,(H,31,33). The first-order valence-electron chi connectivity index (χ1n) is 10.8. The molecule has 0 aromatic heterocycles. The first kappa shape index (κ1) is 24.9. The molecule has 1 aliphatic heterocycles. The molecule has 1 fully saturated rings. The SMILES string of the molecule is Cc1cccc(C)c1NC(=O)C(C#N)=C1SC(Cc2ccc(Cl)c(Cl)c2)C(=O)N1c1ccccc1. The number of thioether (sulfide) groups is 1. The molecule has 0 bridgehead atoms. The van der Waals surface area contributed by atoms with Crippen molar-refractivity contribution in [3.05, 3.63) is 104 Å². The lowest BCUT2D eigenvalue weighted by Gasteiger charge is -2.19. The summed E-state index contributed by atoms with van der Waals surface area (Å²) in [4.78, 5) is 28.3. The largest absolute Gasteiger partial charge is 0.321 e. The van der Waals surface area contributed by atoms with E-state index in [0.717, 1.165) is 16.7 Å². The molecular weight excluding hydrogens is 501 g/mol. The third-order valence-corrected chi connectivity index (χ3v) is 7.65. The highest BCUT2D eigenvalue weighted by atomic mass is 35.5. The van der Waals surface area contributed by atoms with Crippen molar-refractivity contribution in [2.24, 2.45) is 0 Å².